The van der Waals surface area contributed by atoms with Gasteiger partial charge in [-0.25, -0.2) is 0 Å². The van der Waals surface area contributed by atoms with Gasteiger partial charge < -0.3 is 10.1 Å². The van der Waals surface area contributed by atoms with E-state index in [0.29, 0.717) is 0 Å². The third-order valence-electron chi connectivity index (χ3n) is 6.83. The van der Waals surface area contributed by atoms with Crippen LogP contribution in [-0.4, -0.2) is 24.0 Å². The minimum absolute atomic E-state index is 0.0920. The number of hydrogen-bond donors (Lipinski definition) is 1. The number of nitrogens with one attached hydrogen (secondary N) is 1. The van der Waals surface area contributed by atoms with Crippen LogP contribution in [0.4, 0.5) is 0 Å². The van der Waals surface area contributed by atoms with Crippen LogP contribution in [0.5, 0.6) is 0 Å². The standard InChI is InChI=1S/C19H29NO3/c1-12(17(21)20-16-4-2-3-5-16)23-18(22)19-9-13-6-14(10-19)8-15(7-13)11-19/h12-16H,2-11H2,1H3,(H,20,21)/t12-,13?,14?,15?,19?/m1/s1. The summed E-state index contributed by atoms with van der Waals surface area (Å²) < 4.78 is 5.66. The van der Waals surface area contributed by atoms with E-state index in [1.165, 1.54) is 32.1 Å². The highest BCUT2D eigenvalue weighted by Crippen LogP contribution is 2.60. The molecule has 0 aromatic heterocycles. The van der Waals surface area contributed by atoms with Crippen molar-refractivity contribution in [3.8, 4) is 0 Å². The molecule has 4 heteroatoms. The third-order valence-corrected chi connectivity index (χ3v) is 6.83. The van der Waals surface area contributed by atoms with Crippen LogP contribution in [0.15, 0.2) is 0 Å². The first-order valence-corrected chi connectivity index (χ1v) is 9.55. The van der Waals surface area contributed by atoms with Crippen LogP contribution in [0.1, 0.15) is 71.1 Å². The molecule has 4 nitrogen and oxygen atoms in total. The Morgan fingerprint density at radius 1 is 1.00 bits per heavy atom. The van der Waals surface area contributed by atoms with Crippen LogP contribution in [0.25, 0.3) is 0 Å². The van der Waals surface area contributed by atoms with E-state index in [1.807, 2.05) is 0 Å². The molecule has 5 fully saturated rings. The zero-order chi connectivity index (χ0) is 16.0. The van der Waals surface area contributed by atoms with Gasteiger partial charge in [-0.05, 0) is 76.0 Å². The lowest BCUT2D eigenvalue weighted by molar-refractivity contribution is -0.178. The van der Waals surface area contributed by atoms with Crippen molar-refractivity contribution in [1.29, 1.82) is 0 Å². The average Bonchev–Trinajstić information content (AvgIpc) is 2.98. The summed E-state index contributed by atoms with van der Waals surface area (Å²) in [6.07, 6.45) is 10.7. The van der Waals surface area contributed by atoms with Gasteiger partial charge in [0.1, 0.15) is 0 Å². The maximum atomic E-state index is 12.8. The topological polar surface area (TPSA) is 55.4 Å². The highest BCUT2D eigenvalue weighted by Gasteiger charge is 2.55. The summed E-state index contributed by atoms with van der Waals surface area (Å²) in [5.74, 6) is 1.95. The van der Waals surface area contributed by atoms with Crippen LogP contribution in [0, 0.1) is 23.2 Å². The molecule has 5 saturated carbocycles. The van der Waals surface area contributed by atoms with Gasteiger partial charge in [-0.15, -0.1) is 0 Å². The Labute approximate surface area is 138 Å². The molecule has 1 N–H and O–H groups in total. The van der Waals surface area contributed by atoms with Gasteiger partial charge in [0.25, 0.3) is 5.91 Å². The lowest BCUT2D eigenvalue weighted by Gasteiger charge is -2.55. The van der Waals surface area contributed by atoms with Crippen LogP contribution >= 0.6 is 0 Å². The van der Waals surface area contributed by atoms with Gasteiger partial charge in [0.15, 0.2) is 6.10 Å². The summed E-state index contributed by atoms with van der Waals surface area (Å²) >= 11 is 0. The van der Waals surface area contributed by atoms with E-state index in [-0.39, 0.29) is 23.3 Å². The SMILES string of the molecule is C[C@@H](OC(=O)C12CC3CC(CC(C3)C1)C2)C(=O)NC1CCCC1. The number of hydrogen-bond acceptors (Lipinski definition) is 3. The van der Waals surface area contributed by atoms with Crippen LogP contribution < -0.4 is 5.32 Å². The monoisotopic (exact) mass is 319 g/mol. The zero-order valence-electron chi connectivity index (χ0n) is 14.2. The van der Waals surface area contributed by atoms with E-state index < -0.39 is 6.10 Å². The number of ether oxygens (including phenoxy) is 1. The zero-order valence-corrected chi connectivity index (χ0v) is 14.2. The largest absolute Gasteiger partial charge is 0.452 e. The van der Waals surface area contributed by atoms with Crippen molar-refractivity contribution in [3.05, 3.63) is 0 Å². The summed E-state index contributed by atoms with van der Waals surface area (Å²) in [4.78, 5) is 25.1. The van der Waals surface area contributed by atoms with Gasteiger partial charge in [0.05, 0.1) is 5.41 Å². The van der Waals surface area contributed by atoms with Gasteiger partial charge in [-0.1, -0.05) is 12.8 Å². The molecule has 0 aliphatic heterocycles. The predicted molar refractivity (Wildman–Crippen MR) is 86.6 cm³/mol. The second-order valence-corrected chi connectivity index (χ2v) is 8.74. The molecule has 128 valence electrons. The van der Waals surface area contributed by atoms with Crippen molar-refractivity contribution in [2.45, 2.75) is 83.3 Å². The molecule has 4 bridgehead atoms. The maximum absolute atomic E-state index is 12.8. The van der Waals surface area contributed by atoms with E-state index in [2.05, 4.69) is 5.32 Å². The molecule has 0 saturated heterocycles. The molecular weight excluding hydrogens is 290 g/mol. The van der Waals surface area contributed by atoms with Crippen molar-refractivity contribution in [2.75, 3.05) is 0 Å². The highest BCUT2D eigenvalue weighted by molar-refractivity contribution is 5.85. The Morgan fingerprint density at radius 3 is 2.04 bits per heavy atom. The molecule has 5 aliphatic rings. The second kappa shape index (κ2) is 5.78. The molecule has 0 unspecified atom stereocenters. The Hall–Kier alpha value is -1.06. The number of carbonyl (C=O) groups is 2. The fraction of sp³-hybridized carbons (Fsp3) is 0.895. The quantitative estimate of drug-likeness (QED) is 0.810. The lowest BCUT2D eigenvalue weighted by Crippen LogP contribution is -2.52. The molecule has 0 spiro atoms. The Balaban J connectivity index is 1.36. The smallest absolute Gasteiger partial charge is 0.312 e. The first-order valence-electron chi connectivity index (χ1n) is 9.55. The lowest BCUT2D eigenvalue weighted by atomic mass is 9.49. The Bertz CT molecular complexity index is 460. The summed E-state index contributed by atoms with van der Waals surface area (Å²) in [5.41, 5.74) is -0.267. The minimum Gasteiger partial charge on any atom is -0.452 e. The van der Waals surface area contributed by atoms with Crippen molar-refractivity contribution < 1.29 is 14.3 Å². The van der Waals surface area contributed by atoms with Crippen LogP contribution in [0.3, 0.4) is 0 Å². The van der Waals surface area contributed by atoms with Crippen molar-refractivity contribution in [1.82, 2.24) is 5.32 Å². The fourth-order valence-corrected chi connectivity index (χ4v) is 6.09. The summed E-state index contributed by atoms with van der Waals surface area (Å²) in [7, 11) is 0. The summed E-state index contributed by atoms with van der Waals surface area (Å²) in [5, 5.41) is 3.04. The average molecular weight is 319 g/mol. The Morgan fingerprint density at radius 2 is 1.52 bits per heavy atom. The first kappa shape index (κ1) is 15.5. The van der Waals surface area contributed by atoms with E-state index in [1.54, 1.807) is 6.92 Å². The van der Waals surface area contributed by atoms with Crippen LogP contribution in [0.2, 0.25) is 0 Å². The van der Waals surface area contributed by atoms with Gasteiger partial charge >= 0.3 is 5.97 Å². The van der Waals surface area contributed by atoms with Crippen molar-refractivity contribution >= 4 is 11.9 Å². The molecule has 23 heavy (non-hydrogen) atoms. The fourth-order valence-electron chi connectivity index (χ4n) is 6.09. The maximum Gasteiger partial charge on any atom is 0.312 e. The van der Waals surface area contributed by atoms with E-state index >= 15 is 0 Å². The summed E-state index contributed by atoms with van der Waals surface area (Å²) in [6.45, 7) is 1.72. The molecule has 1 atom stereocenters. The molecular formula is C19H29NO3. The molecule has 5 aliphatic carbocycles. The van der Waals surface area contributed by atoms with E-state index in [4.69, 9.17) is 4.74 Å². The Kier molecular flexibility index (Phi) is 3.89. The van der Waals surface area contributed by atoms with E-state index in [9.17, 15) is 9.59 Å². The molecule has 0 aromatic carbocycles. The van der Waals surface area contributed by atoms with E-state index in [0.717, 1.165) is 49.9 Å². The predicted octanol–water partition coefficient (Wildman–Crippen LogP) is 3.19. The van der Waals surface area contributed by atoms with Crippen LogP contribution in [-0.2, 0) is 14.3 Å². The highest BCUT2D eigenvalue weighted by atomic mass is 16.5. The normalized spacial score (nSPS) is 40.1. The molecule has 5 rings (SSSR count). The first-order chi connectivity index (χ1) is 11.0. The number of amides is 1. The number of rotatable bonds is 4. The molecule has 0 aromatic rings. The molecule has 0 radical (unpaired) electrons. The number of carbonyl (C=O) groups excluding carboxylic acids is 2. The molecule has 0 heterocycles. The summed E-state index contributed by atoms with van der Waals surface area (Å²) in [6, 6.07) is 0.281. The van der Waals surface area contributed by atoms with Gasteiger partial charge in [-0.3, -0.25) is 9.59 Å². The van der Waals surface area contributed by atoms with Crippen molar-refractivity contribution in [2.24, 2.45) is 23.2 Å². The molecule has 1 amide bonds. The van der Waals surface area contributed by atoms with Gasteiger partial charge in [-0.2, -0.15) is 0 Å². The second-order valence-electron chi connectivity index (χ2n) is 8.74. The van der Waals surface area contributed by atoms with Gasteiger partial charge in [0, 0.05) is 6.04 Å². The van der Waals surface area contributed by atoms with Crippen molar-refractivity contribution in [3.63, 3.8) is 0 Å². The minimum atomic E-state index is -0.656. The van der Waals surface area contributed by atoms with Gasteiger partial charge in [0.2, 0.25) is 0 Å². The number of esters is 1. The third kappa shape index (κ3) is 2.89.